The van der Waals surface area contributed by atoms with Gasteiger partial charge in [-0.3, -0.25) is 14.7 Å². The number of benzene rings is 2. The predicted molar refractivity (Wildman–Crippen MR) is 169 cm³/mol. The first-order valence-electron chi connectivity index (χ1n) is 14.7. The molecule has 2 aromatic heterocycles. The van der Waals surface area contributed by atoms with Gasteiger partial charge in [0.1, 0.15) is 5.82 Å². The van der Waals surface area contributed by atoms with Gasteiger partial charge in [-0.05, 0) is 82.6 Å². The summed E-state index contributed by atoms with van der Waals surface area (Å²) in [6.45, 7) is 6.26. The molecule has 1 amide bonds. The van der Waals surface area contributed by atoms with E-state index in [9.17, 15) is 4.79 Å². The van der Waals surface area contributed by atoms with Gasteiger partial charge in [0.2, 0.25) is 5.91 Å². The molecular weight excluding hydrogens is 612 g/mol. The third-order valence-corrected chi connectivity index (χ3v) is 9.11. The molecule has 1 fully saturated rings. The number of imidazole rings is 1. The number of fused-ring (bicyclic) bond motifs is 2. The average molecular weight is 648 g/mol. The van der Waals surface area contributed by atoms with E-state index in [2.05, 4.69) is 66.0 Å². The molecule has 6 rings (SSSR count). The van der Waals surface area contributed by atoms with Gasteiger partial charge in [-0.2, -0.15) is 0 Å². The molecule has 2 atom stereocenters. The summed E-state index contributed by atoms with van der Waals surface area (Å²) >= 11 is 10.1. The number of amides is 1. The van der Waals surface area contributed by atoms with Crippen LogP contribution in [0, 0.1) is 6.92 Å². The molecule has 0 bridgehead atoms. The number of hydrogen-bond acceptors (Lipinski definition) is 5. The average Bonchev–Trinajstić information content (AvgIpc) is 3.34. The van der Waals surface area contributed by atoms with Crippen LogP contribution >= 0.6 is 27.5 Å². The van der Waals surface area contributed by atoms with Gasteiger partial charge in [-0.15, -0.1) is 0 Å². The second kappa shape index (κ2) is 13.1. The molecule has 1 saturated heterocycles. The number of nitrogens with one attached hydrogen (secondary N) is 1. The second-order valence-corrected chi connectivity index (χ2v) is 12.6. The summed E-state index contributed by atoms with van der Waals surface area (Å²) in [7, 11) is 0. The monoisotopic (exact) mass is 646 g/mol. The van der Waals surface area contributed by atoms with Crippen LogP contribution in [0.15, 0.2) is 77.7 Å². The zero-order chi connectivity index (χ0) is 29.1. The number of hydrogen-bond donors (Lipinski definition) is 1. The number of carbonyl (C=O) groups excluding carboxylic acids is 1. The summed E-state index contributed by atoms with van der Waals surface area (Å²) < 4.78 is 3.13. The topological polar surface area (TPSA) is 66.3 Å². The minimum absolute atomic E-state index is 0.0351. The van der Waals surface area contributed by atoms with Crippen LogP contribution in [0.5, 0.6) is 0 Å². The SMILES string of the molecule is Cc1nccn1CCCN(Cc1ccccc1)C(=O)[C@H]1CN(C2c3ccc(Cl)cc3CCc3cc(Br)cnc32)CCN1. The molecule has 1 aliphatic heterocycles. The first kappa shape index (κ1) is 29.1. The Labute approximate surface area is 261 Å². The Bertz CT molecular complexity index is 1490. The van der Waals surface area contributed by atoms with Crippen LogP contribution in [0.1, 0.15) is 46.2 Å². The van der Waals surface area contributed by atoms with Crippen LogP contribution in [0.25, 0.3) is 0 Å². The standard InChI is InChI=1S/C33H36BrClN6O/c1-23-36-12-16-39(23)14-5-15-41(21-24-6-3-2-4-7-24)33(42)30-22-40(17-13-37-30)32-29-11-10-28(35)19-25(29)8-9-26-18-27(34)20-38-31(26)32/h2-4,6-7,10-12,16,18-20,30,32,37H,5,8-9,13-15,17,21-22H2,1H3/t30-,32?/m1/s1. The highest BCUT2D eigenvalue weighted by Crippen LogP contribution is 2.38. The summed E-state index contributed by atoms with van der Waals surface area (Å²) in [6, 6.07) is 18.3. The van der Waals surface area contributed by atoms with Crippen molar-refractivity contribution in [3.63, 3.8) is 0 Å². The number of rotatable bonds is 8. The highest BCUT2D eigenvalue weighted by molar-refractivity contribution is 9.10. The summed E-state index contributed by atoms with van der Waals surface area (Å²) in [5.41, 5.74) is 5.94. The summed E-state index contributed by atoms with van der Waals surface area (Å²) in [5.74, 6) is 1.13. The Balaban J connectivity index is 1.25. The van der Waals surface area contributed by atoms with Gasteiger partial charge in [-0.1, -0.05) is 48.0 Å². The van der Waals surface area contributed by atoms with Gasteiger partial charge in [-0.25, -0.2) is 4.98 Å². The molecule has 1 N–H and O–H groups in total. The Kier molecular flexibility index (Phi) is 9.05. The summed E-state index contributed by atoms with van der Waals surface area (Å²) in [6.07, 6.45) is 8.39. The van der Waals surface area contributed by atoms with Crippen molar-refractivity contribution in [2.45, 2.75) is 51.4 Å². The summed E-state index contributed by atoms with van der Waals surface area (Å²) in [4.78, 5) is 28.0. The molecule has 3 heterocycles. The lowest BCUT2D eigenvalue weighted by molar-refractivity contribution is -0.135. The van der Waals surface area contributed by atoms with E-state index in [1.807, 2.05) is 54.7 Å². The zero-order valence-electron chi connectivity index (χ0n) is 23.8. The number of pyridine rings is 1. The molecule has 2 aromatic carbocycles. The van der Waals surface area contributed by atoms with Crippen LogP contribution in [0.2, 0.25) is 5.02 Å². The van der Waals surface area contributed by atoms with E-state index in [1.165, 1.54) is 16.7 Å². The summed E-state index contributed by atoms with van der Waals surface area (Å²) in [5, 5.41) is 4.31. The lowest BCUT2D eigenvalue weighted by Gasteiger charge is -2.40. The van der Waals surface area contributed by atoms with Crippen molar-refractivity contribution in [2.75, 3.05) is 26.2 Å². The normalized spacial score (nSPS) is 18.6. The van der Waals surface area contributed by atoms with Gasteiger partial charge < -0.3 is 14.8 Å². The molecule has 0 saturated carbocycles. The Morgan fingerprint density at radius 1 is 1.12 bits per heavy atom. The van der Waals surface area contributed by atoms with Crippen LogP contribution < -0.4 is 5.32 Å². The highest BCUT2D eigenvalue weighted by Gasteiger charge is 2.36. The Morgan fingerprint density at radius 2 is 1.95 bits per heavy atom. The fraction of sp³-hybridized carbons (Fsp3) is 0.364. The van der Waals surface area contributed by atoms with Gasteiger partial charge in [0, 0.05) is 67.4 Å². The van der Waals surface area contributed by atoms with Crippen molar-refractivity contribution in [3.05, 3.63) is 116 Å². The fourth-order valence-corrected chi connectivity index (χ4v) is 6.89. The minimum Gasteiger partial charge on any atom is -0.337 e. The molecular formula is C33H36BrClN6O. The van der Waals surface area contributed by atoms with E-state index in [-0.39, 0.29) is 18.0 Å². The van der Waals surface area contributed by atoms with Crippen molar-refractivity contribution in [1.29, 1.82) is 0 Å². The maximum absolute atomic E-state index is 14.2. The van der Waals surface area contributed by atoms with E-state index in [4.69, 9.17) is 16.6 Å². The predicted octanol–water partition coefficient (Wildman–Crippen LogP) is 5.58. The fourth-order valence-electron chi connectivity index (χ4n) is 6.32. The molecule has 7 nitrogen and oxygen atoms in total. The van der Waals surface area contributed by atoms with Gasteiger partial charge in [0.25, 0.3) is 0 Å². The van der Waals surface area contributed by atoms with E-state index in [1.54, 1.807) is 0 Å². The number of piperazine rings is 1. The molecule has 2 aliphatic rings. The first-order chi connectivity index (χ1) is 20.5. The maximum Gasteiger partial charge on any atom is 0.241 e. The lowest BCUT2D eigenvalue weighted by Crippen LogP contribution is -2.58. The molecule has 1 aliphatic carbocycles. The van der Waals surface area contributed by atoms with Crippen molar-refractivity contribution in [1.82, 2.24) is 29.7 Å². The molecule has 0 radical (unpaired) electrons. The largest absolute Gasteiger partial charge is 0.337 e. The van der Waals surface area contributed by atoms with E-state index >= 15 is 0 Å². The van der Waals surface area contributed by atoms with Crippen LogP contribution in [0.3, 0.4) is 0 Å². The van der Waals surface area contributed by atoms with Gasteiger partial charge in [0.05, 0.1) is 17.8 Å². The van der Waals surface area contributed by atoms with Crippen LogP contribution in [-0.4, -0.2) is 62.5 Å². The Morgan fingerprint density at radius 3 is 2.76 bits per heavy atom. The molecule has 9 heteroatoms. The van der Waals surface area contributed by atoms with Crippen molar-refractivity contribution >= 4 is 33.4 Å². The second-order valence-electron chi connectivity index (χ2n) is 11.2. The lowest BCUT2D eigenvalue weighted by atomic mass is 9.95. The van der Waals surface area contributed by atoms with Gasteiger partial charge in [0.15, 0.2) is 0 Å². The first-order valence-corrected chi connectivity index (χ1v) is 15.8. The molecule has 1 unspecified atom stereocenters. The Hall–Kier alpha value is -3.04. The third kappa shape index (κ3) is 6.47. The number of halogens is 2. The highest BCUT2D eigenvalue weighted by atomic mass is 79.9. The number of nitrogens with zero attached hydrogens (tertiary/aromatic N) is 5. The van der Waals surface area contributed by atoms with E-state index in [0.717, 1.165) is 65.5 Å². The molecule has 218 valence electrons. The zero-order valence-corrected chi connectivity index (χ0v) is 26.2. The third-order valence-electron chi connectivity index (χ3n) is 8.44. The molecule has 42 heavy (non-hydrogen) atoms. The smallest absolute Gasteiger partial charge is 0.241 e. The minimum atomic E-state index is -0.310. The number of carbonyl (C=O) groups is 1. The van der Waals surface area contributed by atoms with E-state index in [0.29, 0.717) is 19.6 Å². The van der Waals surface area contributed by atoms with Crippen molar-refractivity contribution in [3.8, 4) is 0 Å². The maximum atomic E-state index is 14.2. The molecule has 0 spiro atoms. The van der Waals surface area contributed by atoms with Crippen LogP contribution in [0.4, 0.5) is 0 Å². The van der Waals surface area contributed by atoms with Crippen LogP contribution in [-0.2, 0) is 30.7 Å². The van der Waals surface area contributed by atoms with E-state index < -0.39 is 0 Å². The van der Waals surface area contributed by atoms with Gasteiger partial charge >= 0.3 is 0 Å². The number of aromatic nitrogens is 3. The number of aryl methyl sites for hydroxylation is 4. The quantitative estimate of drug-likeness (QED) is 0.271. The van der Waals surface area contributed by atoms with Crippen molar-refractivity contribution in [2.24, 2.45) is 0 Å². The van der Waals surface area contributed by atoms with Crippen molar-refractivity contribution < 1.29 is 4.79 Å². The molecule has 4 aromatic rings.